The molecule has 0 radical (unpaired) electrons. The summed E-state index contributed by atoms with van der Waals surface area (Å²) in [6.45, 7) is 0. The molecule has 0 heterocycles. The maximum atomic E-state index is 12.8. The number of carboxylic acid groups (broad SMARTS) is 1. The van der Waals surface area contributed by atoms with E-state index in [2.05, 4.69) is 0 Å². The predicted octanol–water partition coefficient (Wildman–Crippen LogP) is 3.53. The van der Waals surface area contributed by atoms with E-state index in [0.29, 0.717) is 0 Å². The minimum atomic E-state index is -8.47. The van der Waals surface area contributed by atoms with Crippen LogP contribution in [0.2, 0.25) is 0 Å². The zero-order chi connectivity index (χ0) is 21.1. The number of aliphatic carboxylic acids is 1. The molecule has 0 fully saturated rings. The van der Waals surface area contributed by atoms with Gasteiger partial charge in [-0.25, -0.2) is 4.79 Å². The first-order valence-corrected chi connectivity index (χ1v) is 5.01. The minimum absolute atomic E-state index is 0. The Labute approximate surface area is 171 Å². The van der Waals surface area contributed by atoms with E-state index in [4.69, 9.17) is 5.11 Å². The van der Waals surface area contributed by atoms with E-state index >= 15 is 0 Å². The zero-order valence-electron chi connectivity index (χ0n) is 10.5. The number of hydrogen-bond acceptors (Lipinski definition) is 1. The fourth-order valence-electron chi connectivity index (χ4n) is 1.10. The molecule has 0 amide bonds. The fraction of sp³-hybridized carbons (Fsp3) is 0.875. The van der Waals surface area contributed by atoms with Crippen molar-refractivity contribution >= 4 is 54.9 Å². The van der Waals surface area contributed by atoms with Crippen LogP contribution in [0.25, 0.3) is 0 Å². The van der Waals surface area contributed by atoms with Crippen molar-refractivity contribution < 1.29 is 75.8 Å². The molecule has 1 N–H and O–H groups in total. The quantitative estimate of drug-likeness (QED) is 0.404. The first-order valence-electron chi connectivity index (χ1n) is 5.01. The molecule has 0 bridgehead atoms. The second kappa shape index (κ2) is 7.11. The van der Waals surface area contributed by atoms with Crippen LogP contribution < -0.4 is 0 Å². The number of alkyl halides is 15. The second-order valence-electron chi connectivity index (χ2n) is 4.25. The number of carbonyl (C=O) groups is 1. The van der Waals surface area contributed by atoms with Gasteiger partial charge in [-0.05, 0) is 0 Å². The van der Waals surface area contributed by atoms with Crippen LogP contribution in [-0.2, 0) is 4.79 Å². The average Bonchev–Trinajstić information content (AvgIpc) is 2.35. The van der Waals surface area contributed by atoms with Crippen LogP contribution in [0.3, 0.4) is 0 Å². The molecular weight excluding hydrogens is 550 g/mol. The molecule has 0 rings (SSSR count). The Balaban J connectivity index is 0. The fourth-order valence-corrected chi connectivity index (χ4v) is 1.10. The number of carboxylic acids is 1. The first kappa shape index (κ1) is 28.2. The Hall–Kier alpha value is -0.00857. The van der Waals surface area contributed by atoms with Gasteiger partial charge >= 0.3 is 96.6 Å². The van der Waals surface area contributed by atoms with E-state index in [1.54, 1.807) is 0 Å². The van der Waals surface area contributed by atoms with Crippen LogP contribution in [-0.4, -0.2) is 102 Å². The second-order valence-corrected chi connectivity index (χ2v) is 4.25. The predicted molar refractivity (Wildman–Crippen MR) is 51.9 cm³/mol. The molecule has 0 aromatic heterocycles. The molecule has 0 aromatic carbocycles. The normalized spacial score (nSPS) is 15.5. The van der Waals surface area contributed by atoms with Crippen molar-refractivity contribution in [3.63, 3.8) is 0 Å². The first-order chi connectivity index (χ1) is 10.4. The Morgan fingerprint density at radius 2 is 0.731 bits per heavy atom. The van der Waals surface area contributed by atoms with Crippen LogP contribution in [0.15, 0.2) is 0 Å². The van der Waals surface area contributed by atoms with Gasteiger partial charge in [0.25, 0.3) is 0 Å². The van der Waals surface area contributed by atoms with Gasteiger partial charge in [0, 0.05) is 0 Å². The molecular formula is C8H3BaF15O2. The zero-order valence-corrected chi connectivity index (χ0v) is 10.5. The summed E-state index contributed by atoms with van der Waals surface area (Å²) in [7, 11) is 0. The third-order valence-corrected chi connectivity index (χ3v) is 2.60. The molecule has 0 aliphatic carbocycles. The Bertz CT molecular complexity index is 536. The van der Waals surface area contributed by atoms with E-state index in [-0.39, 0.29) is 48.9 Å². The number of halogens is 15. The van der Waals surface area contributed by atoms with Crippen molar-refractivity contribution in [3.8, 4) is 0 Å². The van der Waals surface area contributed by atoms with Crippen LogP contribution in [0.1, 0.15) is 0 Å². The van der Waals surface area contributed by atoms with Gasteiger partial charge in [0.05, 0.1) is 0 Å². The molecule has 18 heteroatoms. The molecule has 0 saturated carbocycles. The Morgan fingerprint density at radius 3 is 0.962 bits per heavy atom. The van der Waals surface area contributed by atoms with E-state index < -0.39 is 47.7 Å². The topological polar surface area (TPSA) is 37.3 Å². The summed E-state index contributed by atoms with van der Waals surface area (Å²) in [5.41, 5.74) is 0. The van der Waals surface area contributed by atoms with Crippen molar-refractivity contribution in [3.05, 3.63) is 0 Å². The standard InChI is InChI=1S/C8HF15O2.Ba.2H/c9-2(10,1(24)25)3(11,12)4(13,14)5(15,16)6(17,18)7(19,20)8(21,22)23;;;/h(H,24,25);;;. The van der Waals surface area contributed by atoms with Crippen LogP contribution in [0, 0.1) is 0 Å². The van der Waals surface area contributed by atoms with E-state index in [1.165, 1.54) is 0 Å². The molecule has 0 atom stereocenters. The van der Waals surface area contributed by atoms with E-state index in [9.17, 15) is 70.7 Å². The van der Waals surface area contributed by atoms with Gasteiger partial charge in [-0.3, -0.25) is 0 Å². The van der Waals surface area contributed by atoms with Crippen LogP contribution in [0.4, 0.5) is 65.9 Å². The molecule has 0 aromatic rings. The van der Waals surface area contributed by atoms with Gasteiger partial charge in [-0.1, -0.05) is 0 Å². The van der Waals surface area contributed by atoms with Gasteiger partial charge in [-0.2, -0.15) is 65.9 Å². The van der Waals surface area contributed by atoms with Gasteiger partial charge in [0.1, 0.15) is 0 Å². The van der Waals surface area contributed by atoms with Gasteiger partial charge in [0.2, 0.25) is 0 Å². The van der Waals surface area contributed by atoms with Crippen LogP contribution >= 0.6 is 0 Å². The van der Waals surface area contributed by atoms with E-state index in [0.717, 1.165) is 0 Å². The number of hydrogen-bond donors (Lipinski definition) is 1. The molecule has 26 heavy (non-hydrogen) atoms. The molecule has 0 aliphatic rings. The summed E-state index contributed by atoms with van der Waals surface area (Å²) in [6, 6.07) is 0. The van der Waals surface area contributed by atoms with Crippen molar-refractivity contribution in [1.82, 2.24) is 0 Å². The Morgan fingerprint density at radius 1 is 0.500 bits per heavy atom. The maximum absolute atomic E-state index is 12.8. The van der Waals surface area contributed by atoms with Crippen molar-refractivity contribution in [1.29, 1.82) is 0 Å². The molecule has 0 unspecified atom stereocenters. The summed E-state index contributed by atoms with van der Waals surface area (Å²) >= 11 is 0. The third kappa shape index (κ3) is 3.52. The molecule has 154 valence electrons. The summed E-state index contributed by atoms with van der Waals surface area (Å²) < 4.78 is 187. The van der Waals surface area contributed by atoms with Crippen molar-refractivity contribution in [2.24, 2.45) is 0 Å². The molecule has 0 saturated heterocycles. The average molecular weight is 553 g/mol. The van der Waals surface area contributed by atoms with Crippen molar-refractivity contribution in [2.75, 3.05) is 0 Å². The third-order valence-electron chi connectivity index (χ3n) is 2.60. The molecule has 2 nitrogen and oxygen atoms in total. The van der Waals surface area contributed by atoms with Crippen molar-refractivity contribution in [2.45, 2.75) is 41.7 Å². The molecule has 0 aliphatic heterocycles. The summed E-state index contributed by atoms with van der Waals surface area (Å²) in [5.74, 6) is -52.8. The SMILES string of the molecule is O=C(O)C(F)(F)C(F)(F)C(F)(F)C(F)(F)C(F)(F)C(F)(F)C(F)(F)F.[BaH2]. The molecule has 0 spiro atoms. The van der Waals surface area contributed by atoms with Gasteiger partial charge in [0.15, 0.2) is 0 Å². The Kier molecular flexibility index (Phi) is 7.71. The van der Waals surface area contributed by atoms with E-state index in [1.807, 2.05) is 0 Å². The number of rotatable bonds is 6. The van der Waals surface area contributed by atoms with Crippen LogP contribution in [0.5, 0.6) is 0 Å². The summed E-state index contributed by atoms with van der Waals surface area (Å²) in [5, 5.41) is 7.57. The van der Waals surface area contributed by atoms with Gasteiger partial charge in [-0.15, -0.1) is 0 Å². The summed E-state index contributed by atoms with van der Waals surface area (Å²) in [6.07, 6.45) is -7.69. The monoisotopic (exact) mass is 554 g/mol. The van der Waals surface area contributed by atoms with Gasteiger partial charge < -0.3 is 5.11 Å². The summed E-state index contributed by atoms with van der Waals surface area (Å²) in [4.78, 5) is 9.72.